The maximum atomic E-state index is 2.24. The first-order valence-corrected chi connectivity index (χ1v) is 9.07. The van der Waals surface area contributed by atoms with Crippen molar-refractivity contribution in [3.63, 3.8) is 0 Å². The van der Waals surface area contributed by atoms with E-state index in [0.29, 0.717) is 0 Å². The molecule has 0 radical (unpaired) electrons. The number of hydrogen-bond donors (Lipinski definition) is 0. The second-order valence-electron chi connectivity index (χ2n) is 2.49. The van der Waals surface area contributed by atoms with E-state index >= 15 is 0 Å². The van der Waals surface area contributed by atoms with Gasteiger partial charge in [-0.1, -0.05) is 27.7 Å². The third-order valence-electron chi connectivity index (χ3n) is 1.33. The van der Waals surface area contributed by atoms with Gasteiger partial charge in [0.05, 0.1) is 0 Å². The van der Waals surface area contributed by atoms with Crippen molar-refractivity contribution >= 4 is 37.2 Å². The Kier molecular flexibility index (Phi) is 12.9. The fourth-order valence-electron chi connectivity index (χ4n) is 0. The van der Waals surface area contributed by atoms with E-state index in [1.165, 1.54) is 0 Å². The summed E-state index contributed by atoms with van der Waals surface area (Å²) in [6, 6.07) is 0. The Bertz CT molecular complexity index is 27.5. The molecule has 0 spiro atoms. The van der Waals surface area contributed by atoms with E-state index in [2.05, 4.69) is 64.9 Å². The molecule has 0 rings (SSSR count). The Morgan fingerprint density at radius 1 is 0.750 bits per heavy atom. The molecule has 0 N–H and O–H groups in total. The molecular formula is C6H14I2. The maximum Gasteiger partial charge on any atom is 0 e. The summed E-state index contributed by atoms with van der Waals surface area (Å²) < 4.78 is 0. The highest BCUT2D eigenvalue weighted by Crippen LogP contribution is 2.05. The maximum absolute atomic E-state index is 2.24. The summed E-state index contributed by atoms with van der Waals surface area (Å²) in [4.78, 5) is 0. The standard InChI is InChI=1S/C6H14.I2/c1-5(2)6(3)4;1-2/h5-6H,1-4H3;. The van der Waals surface area contributed by atoms with Crippen molar-refractivity contribution in [3.05, 3.63) is 0 Å². The molecule has 0 aliphatic carbocycles. The monoisotopic (exact) mass is 340 g/mol. The highest BCUT2D eigenvalue weighted by atomic mass is 128. The van der Waals surface area contributed by atoms with Crippen molar-refractivity contribution in [1.82, 2.24) is 0 Å². The normalized spacial score (nSPS) is 9.00. The van der Waals surface area contributed by atoms with Crippen molar-refractivity contribution in [3.8, 4) is 0 Å². The van der Waals surface area contributed by atoms with E-state index in [1.807, 2.05) is 0 Å². The van der Waals surface area contributed by atoms with Crippen LogP contribution in [0.5, 0.6) is 0 Å². The molecule has 0 aromatic carbocycles. The van der Waals surface area contributed by atoms with Crippen LogP contribution in [0.15, 0.2) is 0 Å². The lowest BCUT2D eigenvalue weighted by Gasteiger charge is -2.05. The van der Waals surface area contributed by atoms with E-state index in [9.17, 15) is 0 Å². The number of hydrogen-bond acceptors (Lipinski definition) is 0. The molecule has 0 unspecified atom stereocenters. The molecule has 0 aliphatic rings. The molecule has 0 saturated heterocycles. The van der Waals surface area contributed by atoms with Crippen LogP contribution in [0.3, 0.4) is 0 Å². The average Bonchev–Trinajstić information content (AvgIpc) is 1.72. The van der Waals surface area contributed by atoms with Crippen molar-refractivity contribution < 1.29 is 0 Å². The van der Waals surface area contributed by atoms with Crippen LogP contribution in [0.4, 0.5) is 0 Å². The molecule has 0 amide bonds. The molecule has 0 atom stereocenters. The van der Waals surface area contributed by atoms with Crippen molar-refractivity contribution in [2.45, 2.75) is 27.7 Å². The first-order valence-electron chi connectivity index (χ1n) is 2.79. The zero-order valence-electron chi connectivity index (χ0n) is 5.91. The zero-order chi connectivity index (χ0) is 7.15. The summed E-state index contributed by atoms with van der Waals surface area (Å²) in [5.41, 5.74) is 0. The Balaban J connectivity index is 0. The van der Waals surface area contributed by atoms with Crippen LogP contribution in [-0.2, 0) is 0 Å². The van der Waals surface area contributed by atoms with Gasteiger partial charge in [-0.25, -0.2) is 0 Å². The van der Waals surface area contributed by atoms with Gasteiger partial charge in [0.15, 0.2) is 0 Å². The van der Waals surface area contributed by atoms with Crippen LogP contribution < -0.4 is 0 Å². The molecule has 52 valence electrons. The molecule has 2 heteroatoms. The van der Waals surface area contributed by atoms with E-state index in [-0.39, 0.29) is 0 Å². The lowest BCUT2D eigenvalue weighted by Crippen LogP contribution is -1.95. The molecule has 0 aromatic rings. The highest BCUT2D eigenvalue weighted by molar-refractivity contribution is 15.0. The number of rotatable bonds is 1. The molecular weight excluding hydrogens is 326 g/mol. The van der Waals surface area contributed by atoms with Gasteiger partial charge in [-0.2, -0.15) is 0 Å². The lowest BCUT2D eigenvalue weighted by molar-refractivity contribution is 0.457. The predicted octanol–water partition coefficient (Wildman–Crippen LogP) is 4.07. The minimum Gasteiger partial charge on any atom is -0.0625 e. The summed E-state index contributed by atoms with van der Waals surface area (Å²) in [6.45, 7) is 8.96. The summed E-state index contributed by atoms with van der Waals surface area (Å²) in [6.07, 6.45) is 0. The predicted molar refractivity (Wildman–Crippen MR) is 57.7 cm³/mol. The van der Waals surface area contributed by atoms with Gasteiger partial charge in [-0.05, 0) is 11.8 Å². The highest BCUT2D eigenvalue weighted by Gasteiger charge is 1.95. The smallest absolute Gasteiger partial charge is 0 e. The van der Waals surface area contributed by atoms with Crippen LogP contribution in [0.25, 0.3) is 0 Å². The van der Waals surface area contributed by atoms with E-state index in [0.717, 1.165) is 11.8 Å². The van der Waals surface area contributed by atoms with Gasteiger partial charge in [-0.3, -0.25) is 0 Å². The molecule has 0 aliphatic heterocycles. The first kappa shape index (κ1) is 12.2. The van der Waals surface area contributed by atoms with Gasteiger partial charge < -0.3 is 0 Å². The molecule has 0 heterocycles. The fraction of sp³-hybridized carbons (Fsp3) is 1.00. The summed E-state index contributed by atoms with van der Waals surface area (Å²) >= 11 is 4.24. The molecule has 0 bridgehead atoms. The Morgan fingerprint density at radius 2 is 0.875 bits per heavy atom. The molecule has 8 heavy (non-hydrogen) atoms. The topological polar surface area (TPSA) is 0 Å². The first-order chi connectivity index (χ1) is 3.64. The van der Waals surface area contributed by atoms with Crippen LogP contribution >= 0.6 is 37.2 Å². The summed E-state index contributed by atoms with van der Waals surface area (Å²) in [7, 11) is 0. The van der Waals surface area contributed by atoms with Gasteiger partial charge in [0.2, 0.25) is 0 Å². The van der Waals surface area contributed by atoms with Crippen LogP contribution in [0, 0.1) is 11.8 Å². The van der Waals surface area contributed by atoms with Crippen molar-refractivity contribution in [1.29, 1.82) is 0 Å². The van der Waals surface area contributed by atoms with E-state index in [1.54, 1.807) is 0 Å². The Labute approximate surface area is 76.1 Å². The van der Waals surface area contributed by atoms with Gasteiger partial charge in [0, 0.05) is 37.2 Å². The average molecular weight is 340 g/mol. The molecule has 0 fully saturated rings. The van der Waals surface area contributed by atoms with Crippen molar-refractivity contribution in [2.75, 3.05) is 0 Å². The summed E-state index contributed by atoms with van der Waals surface area (Å²) in [5, 5.41) is 0. The van der Waals surface area contributed by atoms with Crippen LogP contribution in [-0.4, -0.2) is 0 Å². The third kappa shape index (κ3) is 10.4. The zero-order valence-corrected chi connectivity index (χ0v) is 10.2. The second kappa shape index (κ2) is 8.46. The quantitative estimate of drug-likeness (QED) is 0.632. The fourth-order valence-corrected chi connectivity index (χ4v) is 0. The van der Waals surface area contributed by atoms with Gasteiger partial charge in [-0.15, -0.1) is 0 Å². The molecule has 0 aromatic heterocycles. The van der Waals surface area contributed by atoms with Crippen LogP contribution in [0.2, 0.25) is 0 Å². The van der Waals surface area contributed by atoms with Gasteiger partial charge in [0.1, 0.15) is 0 Å². The van der Waals surface area contributed by atoms with Gasteiger partial charge >= 0.3 is 0 Å². The third-order valence-corrected chi connectivity index (χ3v) is 1.33. The number of halogens is 2. The van der Waals surface area contributed by atoms with E-state index < -0.39 is 0 Å². The van der Waals surface area contributed by atoms with E-state index in [4.69, 9.17) is 0 Å². The SMILES string of the molecule is CC(C)C(C)C.II. The Morgan fingerprint density at radius 3 is 0.875 bits per heavy atom. The lowest BCUT2D eigenvalue weighted by atomic mass is 10.0. The molecule has 0 nitrogen and oxygen atoms in total. The van der Waals surface area contributed by atoms with Crippen LogP contribution in [0.1, 0.15) is 27.7 Å². The Hall–Kier alpha value is 1.46. The van der Waals surface area contributed by atoms with Gasteiger partial charge in [0.25, 0.3) is 0 Å². The largest absolute Gasteiger partial charge is 0.0625 e. The minimum atomic E-state index is 0.852. The molecule has 0 saturated carbocycles. The minimum absolute atomic E-state index is 0.852. The second-order valence-corrected chi connectivity index (χ2v) is 2.49. The van der Waals surface area contributed by atoms with Crippen molar-refractivity contribution in [2.24, 2.45) is 11.8 Å². The summed E-state index contributed by atoms with van der Waals surface area (Å²) in [5.74, 6) is 1.70.